The number of piperazine rings is 1. The lowest BCUT2D eigenvalue weighted by atomic mass is 9.97. The number of amides is 1. The molecule has 0 spiro atoms. The van der Waals surface area contributed by atoms with E-state index < -0.39 is 0 Å². The first-order valence-electron chi connectivity index (χ1n) is 7.36. The first-order valence-corrected chi connectivity index (χ1v) is 7.36. The quantitative estimate of drug-likeness (QED) is 0.768. The molecule has 0 aromatic carbocycles. The Bertz CT molecular complexity index is 283. The van der Waals surface area contributed by atoms with Crippen molar-refractivity contribution >= 4 is 5.91 Å². The highest BCUT2D eigenvalue weighted by Crippen LogP contribution is 2.24. The van der Waals surface area contributed by atoms with E-state index in [1.54, 1.807) is 0 Å². The van der Waals surface area contributed by atoms with E-state index in [1.165, 1.54) is 25.8 Å². The van der Waals surface area contributed by atoms with E-state index in [9.17, 15) is 4.79 Å². The molecule has 2 unspecified atom stereocenters. The number of carbonyl (C=O) groups excluding carboxylic acids is 1. The highest BCUT2D eigenvalue weighted by Gasteiger charge is 2.34. The minimum atomic E-state index is 0.194. The molecule has 2 rings (SSSR count). The Labute approximate surface area is 110 Å². The summed E-state index contributed by atoms with van der Waals surface area (Å²) in [6, 6.07) is 0.942. The summed E-state index contributed by atoms with van der Waals surface area (Å²) in [4.78, 5) is 16.8. The summed E-state index contributed by atoms with van der Waals surface area (Å²) in [6.45, 7) is 5.52. The predicted octanol–water partition coefficient (Wildman–Crippen LogP) is 1.23. The van der Waals surface area contributed by atoms with Crippen LogP contribution in [0.4, 0.5) is 0 Å². The van der Waals surface area contributed by atoms with Crippen LogP contribution in [0.3, 0.4) is 0 Å². The number of unbranched alkanes of at least 4 members (excludes halogenated alkanes) is 1. The third kappa shape index (κ3) is 3.23. The molecule has 0 aromatic heterocycles. The van der Waals surface area contributed by atoms with Crippen LogP contribution in [0.2, 0.25) is 0 Å². The van der Waals surface area contributed by atoms with E-state index in [-0.39, 0.29) is 12.5 Å². The van der Waals surface area contributed by atoms with Gasteiger partial charge >= 0.3 is 0 Å². The number of carbonyl (C=O) groups is 1. The number of aliphatic hydroxyl groups is 1. The van der Waals surface area contributed by atoms with Gasteiger partial charge in [-0.2, -0.15) is 0 Å². The van der Waals surface area contributed by atoms with Gasteiger partial charge in [0.25, 0.3) is 0 Å². The fourth-order valence-corrected chi connectivity index (χ4v) is 3.23. The molecule has 2 atom stereocenters. The van der Waals surface area contributed by atoms with E-state index in [2.05, 4.69) is 16.7 Å². The van der Waals surface area contributed by atoms with Crippen molar-refractivity contribution < 1.29 is 9.90 Å². The molecule has 2 heterocycles. The van der Waals surface area contributed by atoms with Crippen molar-refractivity contribution in [2.45, 2.75) is 57.5 Å². The van der Waals surface area contributed by atoms with Gasteiger partial charge in [-0.3, -0.25) is 9.69 Å². The van der Waals surface area contributed by atoms with Crippen molar-refractivity contribution in [3.63, 3.8) is 0 Å². The normalized spacial score (nSPS) is 29.1. The molecule has 2 aliphatic heterocycles. The molecular formula is C14H26N2O2. The second-order valence-electron chi connectivity index (χ2n) is 5.72. The minimum Gasteiger partial charge on any atom is -0.396 e. The van der Waals surface area contributed by atoms with Gasteiger partial charge in [0.2, 0.25) is 5.91 Å². The highest BCUT2D eigenvalue weighted by atomic mass is 16.3. The molecule has 2 aliphatic rings. The lowest BCUT2D eigenvalue weighted by Gasteiger charge is -2.47. The number of aliphatic hydroxyl groups excluding tert-OH is 1. The molecule has 1 N–H and O–H groups in total. The van der Waals surface area contributed by atoms with Crippen LogP contribution in [0, 0.1) is 0 Å². The zero-order valence-corrected chi connectivity index (χ0v) is 11.5. The van der Waals surface area contributed by atoms with Crippen LogP contribution in [-0.2, 0) is 4.79 Å². The predicted molar refractivity (Wildman–Crippen MR) is 71.3 cm³/mol. The maximum Gasteiger partial charge on any atom is 0.222 e. The standard InChI is InChI=1S/C14H26N2O2/c1-12-10-15-8-4-2-6-13(15)11-16(12)14(18)7-3-5-9-17/h12-13,17H,2-11H2,1H3. The van der Waals surface area contributed by atoms with E-state index in [4.69, 9.17) is 5.11 Å². The Balaban J connectivity index is 1.86. The number of piperidine rings is 1. The zero-order chi connectivity index (χ0) is 13.0. The van der Waals surface area contributed by atoms with Gasteiger partial charge in [0.05, 0.1) is 0 Å². The van der Waals surface area contributed by atoms with Gasteiger partial charge in [-0.1, -0.05) is 6.42 Å². The molecule has 0 aliphatic carbocycles. The first-order chi connectivity index (χ1) is 8.72. The van der Waals surface area contributed by atoms with Crippen LogP contribution < -0.4 is 0 Å². The van der Waals surface area contributed by atoms with E-state index in [1.807, 2.05) is 0 Å². The van der Waals surface area contributed by atoms with Crippen LogP contribution in [0.1, 0.15) is 45.4 Å². The van der Waals surface area contributed by atoms with Crippen LogP contribution in [0.15, 0.2) is 0 Å². The van der Waals surface area contributed by atoms with Gasteiger partial charge < -0.3 is 10.0 Å². The molecule has 18 heavy (non-hydrogen) atoms. The van der Waals surface area contributed by atoms with Gasteiger partial charge in [0.1, 0.15) is 0 Å². The summed E-state index contributed by atoms with van der Waals surface area (Å²) in [6.07, 6.45) is 6.01. The van der Waals surface area contributed by atoms with Crippen LogP contribution in [-0.4, -0.2) is 59.1 Å². The molecule has 104 valence electrons. The first kappa shape index (κ1) is 13.8. The van der Waals surface area contributed by atoms with Crippen molar-refractivity contribution in [1.82, 2.24) is 9.80 Å². The monoisotopic (exact) mass is 254 g/mol. The zero-order valence-electron chi connectivity index (χ0n) is 11.5. The van der Waals surface area contributed by atoms with Crippen molar-refractivity contribution in [3.05, 3.63) is 0 Å². The molecular weight excluding hydrogens is 228 g/mol. The van der Waals surface area contributed by atoms with E-state index in [0.29, 0.717) is 18.5 Å². The summed E-state index contributed by atoms with van der Waals surface area (Å²) in [5.41, 5.74) is 0. The third-order valence-corrected chi connectivity index (χ3v) is 4.31. The lowest BCUT2D eigenvalue weighted by Crippen LogP contribution is -2.60. The smallest absolute Gasteiger partial charge is 0.222 e. The van der Waals surface area contributed by atoms with Gasteiger partial charge in [-0.15, -0.1) is 0 Å². The number of hydrogen-bond acceptors (Lipinski definition) is 3. The number of rotatable bonds is 4. The average molecular weight is 254 g/mol. The Morgan fingerprint density at radius 3 is 2.89 bits per heavy atom. The van der Waals surface area contributed by atoms with Crippen LogP contribution >= 0.6 is 0 Å². The Morgan fingerprint density at radius 2 is 2.11 bits per heavy atom. The summed E-state index contributed by atoms with van der Waals surface area (Å²) in [5.74, 6) is 0.279. The van der Waals surface area contributed by atoms with Crippen LogP contribution in [0.25, 0.3) is 0 Å². The molecule has 0 bridgehead atoms. The molecule has 2 fully saturated rings. The fourth-order valence-electron chi connectivity index (χ4n) is 3.23. The van der Waals surface area contributed by atoms with Crippen molar-refractivity contribution in [2.24, 2.45) is 0 Å². The van der Waals surface area contributed by atoms with Crippen molar-refractivity contribution in [3.8, 4) is 0 Å². The third-order valence-electron chi connectivity index (χ3n) is 4.31. The molecule has 1 amide bonds. The molecule has 4 nitrogen and oxygen atoms in total. The number of fused-ring (bicyclic) bond motifs is 1. The SMILES string of the molecule is CC1CN2CCCCC2CN1C(=O)CCCCO. The van der Waals surface area contributed by atoms with Crippen molar-refractivity contribution in [1.29, 1.82) is 0 Å². The second kappa shape index (κ2) is 6.53. The maximum atomic E-state index is 12.2. The Morgan fingerprint density at radius 1 is 1.28 bits per heavy atom. The lowest BCUT2D eigenvalue weighted by molar-refractivity contribution is -0.138. The molecule has 4 heteroatoms. The summed E-state index contributed by atoms with van der Waals surface area (Å²) in [7, 11) is 0. The van der Waals surface area contributed by atoms with E-state index >= 15 is 0 Å². The second-order valence-corrected chi connectivity index (χ2v) is 5.72. The highest BCUT2D eigenvalue weighted by molar-refractivity contribution is 5.76. The summed E-state index contributed by atoms with van der Waals surface area (Å²) >= 11 is 0. The van der Waals surface area contributed by atoms with Crippen molar-refractivity contribution in [2.75, 3.05) is 26.2 Å². The summed E-state index contributed by atoms with van der Waals surface area (Å²) in [5, 5.41) is 8.76. The van der Waals surface area contributed by atoms with Gasteiger partial charge in [0.15, 0.2) is 0 Å². The largest absolute Gasteiger partial charge is 0.396 e. The minimum absolute atomic E-state index is 0.194. The molecule has 0 saturated carbocycles. The van der Waals surface area contributed by atoms with E-state index in [0.717, 1.165) is 25.9 Å². The number of nitrogens with zero attached hydrogens (tertiary/aromatic N) is 2. The molecule has 0 aromatic rings. The van der Waals surface area contributed by atoms with Crippen LogP contribution in [0.5, 0.6) is 0 Å². The Hall–Kier alpha value is -0.610. The fraction of sp³-hybridized carbons (Fsp3) is 0.929. The molecule has 2 saturated heterocycles. The topological polar surface area (TPSA) is 43.8 Å². The average Bonchev–Trinajstić information content (AvgIpc) is 2.38. The van der Waals surface area contributed by atoms with Gasteiger partial charge in [-0.05, 0) is 39.2 Å². The van der Waals surface area contributed by atoms with Gasteiger partial charge in [-0.25, -0.2) is 0 Å². The number of hydrogen-bond donors (Lipinski definition) is 1. The van der Waals surface area contributed by atoms with Gasteiger partial charge in [0, 0.05) is 38.2 Å². The molecule has 0 radical (unpaired) electrons. The summed E-state index contributed by atoms with van der Waals surface area (Å²) < 4.78 is 0. The maximum absolute atomic E-state index is 12.2. The Kier molecular flexibility index (Phi) is 5.01.